The van der Waals surface area contributed by atoms with Crippen LogP contribution in [0.4, 0.5) is 18.9 Å². The molecule has 1 atom stereocenters. The number of nitrogens with one attached hydrogen (secondary N) is 1. The Kier molecular flexibility index (Phi) is 6.03. The van der Waals surface area contributed by atoms with Crippen molar-refractivity contribution >= 4 is 15.5 Å². The lowest BCUT2D eigenvalue weighted by Gasteiger charge is -2.20. The summed E-state index contributed by atoms with van der Waals surface area (Å²) < 4.78 is 61.2. The number of alkyl halides is 3. The number of hydrogen-bond acceptors (Lipinski definition) is 4. The van der Waals surface area contributed by atoms with E-state index < -0.39 is 20.2 Å². The van der Waals surface area contributed by atoms with E-state index in [9.17, 15) is 21.6 Å². The summed E-state index contributed by atoms with van der Waals surface area (Å²) in [4.78, 5) is -0.771. The van der Waals surface area contributed by atoms with E-state index in [1.165, 1.54) is 18.2 Å². The third kappa shape index (κ3) is 4.34. The molecule has 1 unspecified atom stereocenters. The first-order chi connectivity index (χ1) is 9.74. The first-order valence-electron chi connectivity index (χ1n) is 6.61. The molecule has 1 aromatic rings. The van der Waals surface area contributed by atoms with E-state index in [0.29, 0.717) is 6.42 Å². The van der Waals surface area contributed by atoms with Gasteiger partial charge in [-0.2, -0.15) is 13.2 Å². The lowest BCUT2D eigenvalue weighted by atomic mass is 10.1. The SMILES string of the molecule is CCCCC(CN)Nc1ccccc1S(=O)(=O)C(F)(F)F. The third-order valence-electron chi connectivity index (χ3n) is 3.03. The van der Waals surface area contributed by atoms with Gasteiger partial charge in [0, 0.05) is 12.6 Å². The molecule has 3 N–H and O–H groups in total. The Morgan fingerprint density at radius 1 is 1.29 bits per heavy atom. The molecule has 0 fully saturated rings. The monoisotopic (exact) mass is 324 g/mol. The van der Waals surface area contributed by atoms with Crippen molar-refractivity contribution in [3.8, 4) is 0 Å². The number of rotatable bonds is 7. The van der Waals surface area contributed by atoms with Gasteiger partial charge in [0.05, 0.1) is 10.6 Å². The highest BCUT2D eigenvalue weighted by atomic mass is 32.2. The van der Waals surface area contributed by atoms with Crippen molar-refractivity contribution in [2.24, 2.45) is 5.73 Å². The van der Waals surface area contributed by atoms with Crippen LogP contribution in [0, 0.1) is 0 Å². The summed E-state index contributed by atoms with van der Waals surface area (Å²) in [5.41, 5.74) is 0.177. The molecule has 4 nitrogen and oxygen atoms in total. The number of benzene rings is 1. The fourth-order valence-electron chi connectivity index (χ4n) is 1.86. The molecule has 8 heteroatoms. The highest BCUT2D eigenvalue weighted by molar-refractivity contribution is 7.92. The van der Waals surface area contributed by atoms with Crippen molar-refractivity contribution in [2.75, 3.05) is 11.9 Å². The Hall–Kier alpha value is -1.28. The third-order valence-corrected chi connectivity index (χ3v) is 4.58. The van der Waals surface area contributed by atoms with Crippen LogP contribution < -0.4 is 11.1 Å². The predicted molar refractivity (Wildman–Crippen MR) is 75.7 cm³/mol. The molecule has 0 radical (unpaired) electrons. The number of nitrogens with two attached hydrogens (primary N) is 1. The molecule has 0 aromatic heterocycles. The number of anilines is 1. The van der Waals surface area contributed by atoms with E-state index in [4.69, 9.17) is 5.73 Å². The summed E-state index contributed by atoms with van der Waals surface area (Å²) in [6.07, 6.45) is 2.43. The quantitative estimate of drug-likeness (QED) is 0.809. The molecule has 0 aliphatic rings. The van der Waals surface area contributed by atoms with Gasteiger partial charge in [-0.15, -0.1) is 0 Å². The van der Waals surface area contributed by atoms with E-state index in [-0.39, 0.29) is 18.3 Å². The molecular weight excluding hydrogens is 305 g/mol. The van der Waals surface area contributed by atoms with Crippen molar-refractivity contribution in [3.63, 3.8) is 0 Å². The molecule has 0 spiro atoms. The Morgan fingerprint density at radius 3 is 2.43 bits per heavy atom. The topological polar surface area (TPSA) is 72.2 Å². The molecule has 0 amide bonds. The fraction of sp³-hybridized carbons (Fsp3) is 0.538. The summed E-state index contributed by atoms with van der Waals surface area (Å²) >= 11 is 0. The number of para-hydroxylation sites is 1. The first kappa shape index (κ1) is 17.8. The second-order valence-electron chi connectivity index (χ2n) is 4.66. The van der Waals surface area contributed by atoms with Gasteiger partial charge in [0.2, 0.25) is 0 Å². The van der Waals surface area contributed by atoms with Crippen LogP contribution in [-0.4, -0.2) is 26.5 Å². The minimum absolute atomic E-state index is 0.0682. The van der Waals surface area contributed by atoms with Crippen molar-refractivity contribution < 1.29 is 21.6 Å². The van der Waals surface area contributed by atoms with Gasteiger partial charge >= 0.3 is 5.51 Å². The van der Waals surface area contributed by atoms with E-state index in [2.05, 4.69) is 5.32 Å². The van der Waals surface area contributed by atoms with Gasteiger partial charge in [-0.1, -0.05) is 31.9 Å². The molecule has 120 valence electrons. The fourth-order valence-corrected chi connectivity index (χ4v) is 2.79. The van der Waals surface area contributed by atoms with Crippen molar-refractivity contribution in [2.45, 2.75) is 42.6 Å². The average molecular weight is 324 g/mol. The molecule has 1 aromatic carbocycles. The van der Waals surface area contributed by atoms with Gasteiger partial charge in [0.1, 0.15) is 0 Å². The smallest absolute Gasteiger partial charge is 0.380 e. The van der Waals surface area contributed by atoms with Crippen LogP contribution in [0.2, 0.25) is 0 Å². The zero-order valence-corrected chi connectivity index (χ0v) is 12.5. The van der Waals surface area contributed by atoms with Crippen molar-refractivity contribution in [3.05, 3.63) is 24.3 Å². The summed E-state index contributed by atoms with van der Waals surface area (Å²) in [7, 11) is -5.38. The second-order valence-corrected chi connectivity index (χ2v) is 6.57. The van der Waals surface area contributed by atoms with Crippen LogP contribution in [0.25, 0.3) is 0 Å². The highest BCUT2D eigenvalue weighted by Crippen LogP contribution is 2.34. The van der Waals surface area contributed by atoms with Crippen LogP contribution in [-0.2, 0) is 9.84 Å². The summed E-state index contributed by atoms with van der Waals surface area (Å²) in [5, 5.41) is 2.81. The largest absolute Gasteiger partial charge is 0.501 e. The maximum absolute atomic E-state index is 12.7. The predicted octanol–water partition coefficient (Wildman–Crippen LogP) is 2.91. The molecule has 0 saturated heterocycles. The Bertz CT molecular complexity index is 559. The number of sulfone groups is 1. The maximum atomic E-state index is 12.7. The lowest BCUT2D eigenvalue weighted by Crippen LogP contribution is -2.30. The van der Waals surface area contributed by atoms with E-state index in [1.807, 2.05) is 6.92 Å². The number of halogens is 3. The lowest BCUT2D eigenvalue weighted by molar-refractivity contribution is -0.0435. The zero-order chi connectivity index (χ0) is 16.1. The Morgan fingerprint density at radius 2 is 1.90 bits per heavy atom. The normalized spacial score (nSPS) is 14.0. The first-order valence-corrected chi connectivity index (χ1v) is 8.09. The standard InChI is InChI=1S/C13H19F3N2O2S/c1-2-3-6-10(9-17)18-11-7-4-5-8-12(11)21(19,20)13(14,15)16/h4-5,7-8,10,18H,2-3,6,9,17H2,1H3. The van der Waals surface area contributed by atoms with E-state index in [1.54, 1.807) is 0 Å². The van der Waals surface area contributed by atoms with Crippen molar-refractivity contribution in [1.29, 1.82) is 0 Å². The molecule has 0 aliphatic carbocycles. The minimum atomic E-state index is -5.38. The summed E-state index contributed by atoms with van der Waals surface area (Å²) in [6.45, 7) is 2.19. The van der Waals surface area contributed by atoms with Crippen LogP contribution in [0.1, 0.15) is 26.2 Å². The molecule has 0 saturated carbocycles. The number of unbranched alkanes of at least 4 members (excludes halogenated alkanes) is 1. The molecule has 21 heavy (non-hydrogen) atoms. The van der Waals surface area contributed by atoms with Gasteiger partial charge < -0.3 is 11.1 Å². The number of hydrogen-bond donors (Lipinski definition) is 2. The molecule has 0 heterocycles. The van der Waals surface area contributed by atoms with Crippen LogP contribution in [0.3, 0.4) is 0 Å². The van der Waals surface area contributed by atoms with E-state index >= 15 is 0 Å². The van der Waals surface area contributed by atoms with Gasteiger partial charge in [-0.3, -0.25) is 0 Å². The van der Waals surface area contributed by atoms with Crippen LogP contribution in [0.15, 0.2) is 29.2 Å². The second kappa shape index (κ2) is 7.13. The van der Waals surface area contributed by atoms with Gasteiger partial charge in [-0.25, -0.2) is 8.42 Å². The average Bonchev–Trinajstić information content (AvgIpc) is 2.42. The molecule has 0 aliphatic heterocycles. The molecule has 1 rings (SSSR count). The molecular formula is C13H19F3N2O2S. The van der Waals surface area contributed by atoms with Crippen LogP contribution >= 0.6 is 0 Å². The highest BCUT2D eigenvalue weighted by Gasteiger charge is 2.47. The van der Waals surface area contributed by atoms with Crippen molar-refractivity contribution in [1.82, 2.24) is 0 Å². The van der Waals surface area contributed by atoms with Gasteiger partial charge in [-0.05, 0) is 18.6 Å². The summed E-state index contributed by atoms with van der Waals surface area (Å²) in [6, 6.07) is 4.72. The summed E-state index contributed by atoms with van der Waals surface area (Å²) in [5.74, 6) is 0. The Balaban J connectivity index is 3.11. The van der Waals surface area contributed by atoms with Gasteiger partial charge in [0.15, 0.2) is 0 Å². The maximum Gasteiger partial charge on any atom is 0.501 e. The zero-order valence-electron chi connectivity index (χ0n) is 11.7. The minimum Gasteiger partial charge on any atom is -0.380 e. The van der Waals surface area contributed by atoms with Gasteiger partial charge in [0.25, 0.3) is 9.84 Å². The molecule has 0 bridgehead atoms. The van der Waals surface area contributed by atoms with Crippen LogP contribution in [0.5, 0.6) is 0 Å². The van der Waals surface area contributed by atoms with E-state index in [0.717, 1.165) is 18.9 Å². The Labute approximate surface area is 122 Å².